The van der Waals surface area contributed by atoms with Gasteiger partial charge in [-0.3, -0.25) is 4.79 Å². The molecule has 0 saturated carbocycles. The van der Waals surface area contributed by atoms with E-state index < -0.39 is 25.0 Å². The predicted molar refractivity (Wildman–Crippen MR) is 22.9 cm³/mol. The predicted octanol–water partition coefficient (Wildman–Crippen LogP) is -1.58. The van der Waals surface area contributed by atoms with Crippen molar-refractivity contribution in [2.45, 2.75) is 19.0 Å². The smallest absolute Gasteiger partial charge is 0.389 e. The molecule has 0 radical (unpaired) electrons. The number of carbonyl (C=O) groups is 1. The van der Waals surface area contributed by atoms with Crippen LogP contribution in [0.5, 0.6) is 0 Å². The highest BCUT2D eigenvalue weighted by Gasteiger charge is 2.27. The average Bonchev–Trinajstić information content (AvgIpc) is 1.59. The number of rotatable bonds is 2. The van der Waals surface area contributed by atoms with E-state index in [9.17, 15) is 18.0 Å². The van der Waals surface area contributed by atoms with Crippen molar-refractivity contribution in [3.63, 3.8) is 0 Å². The standard InChI is InChI=1S/C4H5F3O2.ClH/c5-4(6,7)2-1-3(8)9;/h1-2H2,(H,8,9);1H/p-1. The fourth-order valence-electron chi connectivity index (χ4n) is 0.249. The Kier molecular flexibility index (Phi) is 5.36. The molecule has 0 amide bonds. The molecule has 0 spiro atoms. The lowest BCUT2D eigenvalue weighted by molar-refractivity contribution is -0.152. The molecule has 0 saturated heterocycles. The molecule has 2 nitrogen and oxygen atoms in total. The number of carboxylic acid groups (broad SMARTS) is 1. The Labute approximate surface area is 61.4 Å². The molecular weight excluding hydrogens is 172 g/mol. The van der Waals surface area contributed by atoms with Gasteiger partial charge >= 0.3 is 12.1 Å². The van der Waals surface area contributed by atoms with E-state index in [-0.39, 0.29) is 12.4 Å². The van der Waals surface area contributed by atoms with E-state index in [1.165, 1.54) is 0 Å². The summed E-state index contributed by atoms with van der Waals surface area (Å²) in [5.74, 6) is -1.42. The minimum absolute atomic E-state index is 0. The second kappa shape index (κ2) is 4.38. The molecule has 0 heterocycles. The number of hydrogen-bond acceptors (Lipinski definition) is 1. The van der Waals surface area contributed by atoms with E-state index in [4.69, 9.17) is 5.11 Å². The largest absolute Gasteiger partial charge is 1.00 e. The van der Waals surface area contributed by atoms with Crippen molar-refractivity contribution in [2.24, 2.45) is 0 Å². The van der Waals surface area contributed by atoms with Gasteiger partial charge in [0.05, 0.1) is 12.8 Å². The molecule has 0 fully saturated rings. The van der Waals surface area contributed by atoms with Crippen LogP contribution in [0.2, 0.25) is 0 Å². The number of alkyl halides is 3. The van der Waals surface area contributed by atoms with Crippen LogP contribution in [0.4, 0.5) is 13.2 Å². The van der Waals surface area contributed by atoms with Crippen molar-refractivity contribution >= 4 is 5.97 Å². The van der Waals surface area contributed by atoms with Crippen molar-refractivity contribution in [1.29, 1.82) is 0 Å². The first-order valence-corrected chi connectivity index (χ1v) is 2.20. The fraction of sp³-hybridized carbons (Fsp3) is 0.750. The Morgan fingerprint density at radius 1 is 1.40 bits per heavy atom. The lowest BCUT2D eigenvalue weighted by Crippen LogP contribution is -3.00. The summed E-state index contributed by atoms with van der Waals surface area (Å²) < 4.78 is 33.5. The van der Waals surface area contributed by atoms with Gasteiger partial charge in [0.25, 0.3) is 0 Å². The summed E-state index contributed by atoms with van der Waals surface area (Å²) in [6.45, 7) is 0. The quantitative estimate of drug-likeness (QED) is 0.553. The van der Waals surface area contributed by atoms with Gasteiger partial charge in [-0.1, -0.05) is 0 Å². The minimum Gasteiger partial charge on any atom is -1.00 e. The Bertz CT molecular complexity index is 112. The normalized spacial score (nSPS) is 10.3. The summed E-state index contributed by atoms with van der Waals surface area (Å²) >= 11 is 0. The summed E-state index contributed by atoms with van der Waals surface area (Å²) in [7, 11) is 0. The summed E-state index contributed by atoms with van der Waals surface area (Å²) in [6, 6.07) is 0. The molecule has 0 unspecified atom stereocenters. The van der Waals surface area contributed by atoms with Gasteiger partial charge in [0.1, 0.15) is 0 Å². The number of carboxylic acids is 1. The second-order valence-electron chi connectivity index (χ2n) is 1.51. The van der Waals surface area contributed by atoms with Gasteiger partial charge in [-0.2, -0.15) is 13.2 Å². The molecule has 0 bridgehead atoms. The van der Waals surface area contributed by atoms with Gasteiger partial charge in [-0.05, 0) is 0 Å². The van der Waals surface area contributed by atoms with Crippen LogP contribution in [0.25, 0.3) is 0 Å². The Hall–Kier alpha value is -0.450. The summed E-state index contributed by atoms with van der Waals surface area (Å²) in [5.41, 5.74) is 0. The number of halogens is 4. The molecule has 0 aliphatic heterocycles. The van der Waals surface area contributed by atoms with Crippen molar-refractivity contribution in [2.75, 3.05) is 0 Å². The molecule has 0 atom stereocenters. The second-order valence-corrected chi connectivity index (χ2v) is 1.51. The van der Waals surface area contributed by atoms with Crippen molar-refractivity contribution in [3.8, 4) is 0 Å². The van der Waals surface area contributed by atoms with Gasteiger partial charge in [0, 0.05) is 0 Å². The van der Waals surface area contributed by atoms with Crippen LogP contribution in [0.1, 0.15) is 12.8 Å². The molecule has 0 rings (SSSR count). The van der Waals surface area contributed by atoms with E-state index in [1.807, 2.05) is 0 Å². The fourth-order valence-corrected chi connectivity index (χ4v) is 0.249. The van der Waals surface area contributed by atoms with E-state index in [1.54, 1.807) is 0 Å². The molecule has 62 valence electrons. The third kappa shape index (κ3) is 10.5. The molecule has 6 heteroatoms. The summed E-state index contributed by atoms with van der Waals surface area (Å²) in [4.78, 5) is 9.55. The maximum absolute atomic E-state index is 11.2. The zero-order valence-corrected chi connectivity index (χ0v) is 5.54. The maximum Gasteiger partial charge on any atom is 0.389 e. The molecule has 1 N–H and O–H groups in total. The van der Waals surface area contributed by atoms with E-state index in [0.29, 0.717) is 0 Å². The van der Waals surface area contributed by atoms with Crippen LogP contribution in [-0.2, 0) is 4.79 Å². The van der Waals surface area contributed by atoms with E-state index in [0.717, 1.165) is 0 Å². The van der Waals surface area contributed by atoms with Crippen LogP contribution in [0.15, 0.2) is 0 Å². The van der Waals surface area contributed by atoms with Crippen molar-refractivity contribution in [1.82, 2.24) is 0 Å². The zero-order valence-electron chi connectivity index (χ0n) is 4.78. The molecular formula is C4H5ClF3O2-. The molecule has 0 aromatic carbocycles. The summed E-state index contributed by atoms with van der Waals surface area (Å²) in [5, 5.41) is 7.78. The highest BCUT2D eigenvalue weighted by atomic mass is 35.5. The first-order chi connectivity index (χ1) is 3.92. The third-order valence-corrected chi connectivity index (χ3v) is 0.622. The van der Waals surface area contributed by atoms with Gasteiger partial charge in [-0.25, -0.2) is 0 Å². The number of aliphatic carboxylic acids is 1. The van der Waals surface area contributed by atoms with Crippen molar-refractivity contribution in [3.05, 3.63) is 0 Å². The van der Waals surface area contributed by atoms with Crippen LogP contribution in [0, 0.1) is 0 Å². The van der Waals surface area contributed by atoms with Crippen molar-refractivity contribution < 1.29 is 35.5 Å². The Balaban J connectivity index is 0. The van der Waals surface area contributed by atoms with Crippen LogP contribution < -0.4 is 12.4 Å². The first kappa shape index (κ1) is 12.2. The van der Waals surface area contributed by atoms with Gasteiger partial charge in [-0.15, -0.1) is 0 Å². The third-order valence-electron chi connectivity index (χ3n) is 0.622. The molecule has 0 aromatic heterocycles. The average molecular weight is 178 g/mol. The molecule has 0 aromatic rings. The summed E-state index contributed by atoms with van der Waals surface area (Å²) in [6.07, 6.45) is -6.44. The lowest BCUT2D eigenvalue weighted by atomic mass is 10.3. The zero-order chi connectivity index (χ0) is 7.49. The SMILES string of the molecule is O=C(O)CCC(F)(F)F.[Cl-]. The number of hydrogen-bond donors (Lipinski definition) is 1. The molecule has 0 aliphatic rings. The Morgan fingerprint density at radius 2 is 1.80 bits per heavy atom. The topological polar surface area (TPSA) is 37.3 Å². The van der Waals surface area contributed by atoms with Crippen LogP contribution in [-0.4, -0.2) is 17.3 Å². The van der Waals surface area contributed by atoms with Crippen LogP contribution in [0.3, 0.4) is 0 Å². The lowest BCUT2D eigenvalue weighted by Gasteiger charge is -2.01. The monoisotopic (exact) mass is 177 g/mol. The highest BCUT2D eigenvalue weighted by Crippen LogP contribution is 2.20. The minimum atomic E-state index is -4.35. The molecule has 0 aliphatic carbocycles. The first-order valence-electron chi connectivity index (χ1n) is 2.20. The maximum atomic E-state index is 11.2. The Morgan fingerprint density at radius 3 is 1.90 bits per heavy atom. The van der Waals surface area contributed by atoms with E-state index >= 15 is 0 Å². The highest BCUT2D eigenvalue weighted by molar-refractivity contribution is 5.66. The van der Waals surface area contributed by atoms with E-state index in [2.05, 4.69) is 0 Å². The van der Waals surface area contributed by atoms with Crippen LogP contribution >= 0.6 is 0 Å². The van der Waals surface area contributed by atoms with Gasteiger partial charge < -0.3 is 17.5 Å². The van der Waals surface area contributed by atoms with Gasteiger partial charge in [0.2, 0.25) is 0 Å². The van der Waals surface area contributed by atoms with Gasteiger partial charge in [0.15, 0.2) is 0 Å². The molecule has 10 heavy (non-hydrogen) atoms.